The Morgan fingerprint density at radius 1 is 0.806 bits per heavy atom. The lowest BCUT2D eigenvalue weighted by Crippen LogP contribution is -2.63. The molecular formula is C29H50O2. The highest BCUT2D eigenvalue weighted by Gasteiger charge is 2.68. The van der Waals surface area contributed by atoms with Crippen LogP contribution in [0.4, 0.5) is 0 Å². The molecular weight excluding hydrogens is 380 g/mol. The van der Waals surface area contributed by atoms with Crippen LogP contribution < -0.4 is 0 Å². The summed E-state index contributed by atoms with van der Waals surface area (Å²) in [5.41, 5.74) is 1.03. The second-order valence-electron chi connectivity index (χ2n) is 13.4. The van der Waals surface area contributed by atoms with E-state index in [4.69, 9.17) is 9.47 Å². The quantitative estimate of drug-likeness (QED) is 0.442. The van der Waals surface area contributed by atoms with E-state index in [1.54, 1.807) is 0 Å². The fraction of sp³-hybridized carbons (Fsp3) is 1.00. The summed E-state index contributed by atoms with van der Waals surface area (Å²) in [5.74, 6) is 5.46. The zero-order valence-corrected chi connectivity index (χ0v) is 21.3. The Bertz CT molecular complexity index is 637. The van der Waals surface area contributed by atoms with Crippen molar-refractivity contribution >= 4 is 0 Å². The molecule has 5 aliphatic rings. The van der Waals surface area contributed by atoms with Crippen molar-refractivity contribution in [2.75, 3.05) is 13.2 Å². The van der Waals surface area contributed by atoms with E-state index in [1.165, 1.54) is 77.0 Å². The Balaban J connectivity index is 1.41. The first-order valence-corrected chi connectivity index (χ1v) is 14.1. The summed E-state index contributed by atoms with van der Waals surface area (Å²) in [5, 5.41) is 0. The average Bonchev–Trinajstić information content (AvgIpc) is 3.33. The first kappa shape index (κ1) is 22.7. The molecule has 178 valence electrons. The van der Waals surface area contributed by atoms with Gasteiger partial charge in [-0.3, -0.25) is 0 Å². The largest absolute Gasteiger partial charge is 0.347 e. The number of hydrogen-bond acceptors (Lipinski definition) is 2. The third kappa shape index (κ3) is 3.56. The summed E-state index contributed by atoms with van der Waals surface area (Å²) in [6.07, 6.45) is 16.9. The Morgan fingerprint density at radius 3 is 2.29 bits per heavy atom. The molecule has 2 nitrogen and oxygen atoms in total. The molecule has 0 unspecified atom stereocenters. The van der Waals surface area contributed by atoms with Crippen LogP contribution in [0.5, 0.6) is 0 Å². The molecule has 1 aliphatic heterocycles. The molecule has 1 spiro atoms. The molecule has 0 aromatic rings. The number of hydrogen-bond donors (Lipinski definition) is 0. The molecule has 0 bridgehead atoms. The van der Waals surface area contributed by atoms with Crippen LogP contribution >= 0.6 is 0 Å². The van der Waals surface area contributed by atoms with E-state index in [1.807, 2.05) is 0 Å². The number of rotatable bonds is 5. The van der Waals surface area contributed by atoms with Crippen LogP contribution in [0.15, 0.2) is 0 Å². The summed E-state index contributed by atoms with van der Waals surface area (Å²) in [6.45, 7) is 14.4. The van der Waals surface area contributed by atoms with Gasteiger partial charge >= 0.3 is 0 Å². The van der Waals surface area contributed by atoms with Crippen molar-refractivity contribution in [2.24, 2.45) is 52.3 Å². The van der Waals surface area contributed by atoms with Crippen molar-refractivity contribution in [1.29, 1.82) is 0 Å². The molecule has 0 radical (unpaired) electrons. The van der Waals surface area contributed by atoms with Gasteiger partial charge in [0, 0.05) is 12.3 Å². The number of fused-ring (bicyclic) bond motifs is 6. The smallest absolute Gasteiger partial charge is 0.172 e. The Kier molecular flexibility index (Phi) is 6.08. The molecule has 0 N–H and O–H groups in total. The topological polar surface area (TPSA) is 18.5 Å². The van der Waals surface area contributed by atoms with Gasteiger partial charge in [0.25, 0.3) is 0 Å². The average molecular weight is 431 g/mol. The summed E-state index contributed by atoms with van der Waals surface area (Å²) >= 11 is 0. The molecule has 0 aromatic heterocycles. The van der Waals surface area contributed by atoms with Gasteiger partial charge in [-0.15, -0.1) is 0 Å². The van der Waals surface area contributed by atoms with Crippen LogP contribution in [0.25, 0.3) is 0 Å². The van der Waals surface area contributed by atoms with E-state index in [0.29, 0.717) is 16.7 Å². The molecule has 31 heavy (non-hydrogen) atoms. The molecule has 1 heterocycles. The van der Waals surface area contributed by atoms with Gasteiger partial charge < -0.3 is 9.47 Å². The van der Waals surface area contributed by atoms with Crippen LogP contribution in [0, 0.1) is 52.3 Å². The Labute approximate surface area is 192 Å². The second-order valence-corrected chi connectivity index (χ2v) is 13.4. The van der Waals surface area contributed by atoms with E-state index < -0.39 is 0 Å². The van der Waals surface area contributed by atoms with Gasteiger partial charge in [-0.05, 0) is 84.9 Å². The maximum atomic E-state index is 6.66. The third-order valence-corrected chi connectivity index (χ3v) is 11.6. The van der Waals surface area contributed by atoms with Crippen molar-refractivity contribution in [1.82, 2.24) is 0 Å². The highest BCUT2D eigenvalue weighted by atomic mass is 16.7. The van der Waals surface area contributed by atoms with Gasteiger partial charge in [0.1, 0.15) is 0 Å². The van der Waals surface area contributed by atoms with E-state index in [0.717, 1.165) is 48.7 Å². The van der Waals surface area contributed by atoms with E-state index >= 15 is 0 Å². The molecule has 0 amide bonds. The predicted molar refractivity (Wildman–Crippen MR) is 128 cm³/mol. The first-order valence-electron chi connectivity index (χ1n) is 14.1. The van der Waals surface area contributed by atoms with Crippen LogP contribution in [-0.2, 0) is 9.47 Å². The van der Waals surface area contributed by atoms with Crippen molar-refractivity contribution < 1.29 is 9.47 Å². The zero-order valence-electron chi connectivity index (χ0n) is 21.3. The highest BCUT2D eigenvalue weighted by molar-refractivity contribution is 5.14. The van der Waals surface area contributed by atoms with Crippen LogP contribution in [0.1, 0.15) is 112 Å². The van der Waals surface area contributed by atoms with Crippen LogP contribution in [-0.4, -0.2) is 19.0 Å². The fourth-order valence-electron chi connectivity index (χ4n) is 10.0. The highest BCUT2D eigenvalue weighted by Crippen LogP contribution is 2.71. The lowest BCUT2D eigenvalue weighted by atomic mass is 9.43. The molecule has 5 rings (SSSR count). The fourth-order valence-corrected chi connectivity index (χ4v) is 10.0. The lowest BCUT2D eigenvalue weighted by molar-refractivity contribution is -0.298. The second kappa shape index (κ2) is 8.30. The standard InChI is InChI=1S/C29H50O2/c1-20(2)9-8-10-21(3)23-12-13-24-26-25(14-16-28(23,24)5)27(4)15-7-6-11-22(27)19-29(26)30-17-18-31-29/h20-26H,6-19H2,1-5H3/t21-,22-,23-,24+,25+,26+,27+,28-/m1/s1. The SMILES string of the molecule is CC(C)CCC[C@@H](C)[C@H]1CC[C@H]2[C@H]3[C@H](CC[C@]12C)[C@@]1(C)CCCC[C@@H]1CC31OCCO1. The van der Waals surface area contributed by atoms with Crippen molar-refractivity contribution in [3.8, 4) is 0 Å². The lowest BCUT2D eigenvalue weighted by Gasteiger charge is -2.65. The van der Waals surface area contributed by atoms with Gasteiger partial charge in [-0.2, -0.15) is 0 Å². The van der Waals surface area contributed by atoms with Gasteiger partial charge in [-0.1, -0.05) is 66.7 Å². The third-order valence-electron chi connectivity index (χ3n) is 11.6. The van der Waals surface area contributed by atoms with Crippen molar-refractivity contribution in [3.05, 3.63) is 0 Å². The van der Waals surface area contributed by atoms with Crippen molar-refractivity contribution in [3.63, 3.8) is 0 Å². The van der Waals surface area contributed by atoms with E-state index in [9.17, 15) is 0 Å². The van der Waals surface area contributed by atoms with Crippen molar-refractivity contribution in [2.45, 2.75) is 117 Å². The predicted octanol–water partition coefficient (Wildman–Crippen LogP) is 7.85. The molecule has 4 aliphatic carbocycles. The minimum absolute atomic E-state index is 0.242. The normalized spacial score (nSPS) is 47.2. The van der Waals surface area contributed by atoms with Gasteiger partial charge in [0.15, 0.2) is 5.79 Å². The van der Waals surface area contributed by atoms with E-state index in [2.05, 4.69) is 34.6 Å². The molecule has 0 aromatic carbocycles. The van der Waals surface area contributed by atoms with Gasteiger partial charge in [0.2, 0.25) is 0 Å². The summed E-state index contributed by atoms with van der Waals surface area (Å²) < 4.78 is 13.3. The minimum atomic E-state index is -0.242. The Morgan fingerprint density at radius 2 is 1.55 bits per heavy atom. The molecule has 8 atom stereocenters. The molecule has 1 saturated heterocycles. The van der Waals surface area contributed by atoms with Crippen LogP contribution in [0.3, 0.4) is 0 Å². The summed E-state index contributed by atoms with van der Waals surface area (Å²) in [7, 11) is 0. The van der Waals surface area contributed by atoms with E-state index in [-0.39, 0.29) is 5.79 Å². The molecule has 2 heteroatoms. The monoisotopic (exact) mass is 430 g/mol. The molecule has 5 fully saturated rings. The minimum Gasteiger partial charge on any atom is -0.347 e. The van der Waals surface area contributed by atoms with Gasteiger partial charge in [0.05, 0.1) is 13.2 Å². The maximum Gasteiger partial charge on any atom is 0.172 e. The van der Waals surface area contributed by atoms with Crippen LogP contribution in [0.2, 0.25) is 0 Å². The van der Waals surface area contributed by atoms with Gasteiger partial charge in [-0.25, -0.2) is 0 Å². The zero-order chi connectivity index (χ0) is 21.9. The Hall–Kier alpha value is -0.0800. The summed E-state index contributed by atoms with van der Waals surface area (Å²) in [4.78, 5) is 0. The maximum absolute atomic E-state index is 6.66. The summed E-state index contributed by atoms with van der Waals surface area (Å²) in [6, 6.07) is 0. The molecule has 4 saturated carbocycles. The number of ether oxygens (including phenoxy) is 2. The first-order chi connectivity index (χ1) is 14.8.